The molecule has 8 aromatic heterocycles. The van der Waals surface area contributed by atoms with Crippen molar-refractivity contribution in [2.45, 2.75) is 86.1 Å². The number of anilines is 4. The lowest BCUT2D eigenvalue weighted by Gasteiger charge is -2.20. The standard InChI is InChI=1S/C22H25N5O2.C20H24N6O2.C18H20N6O3.C18H19N5O4/c1-2-24-22(29)27-21-25-18-12-16(15-9-6-10-23-13-15)11-17(19(18)26-21)20(28)14-7-4-3-5-8-14;1-5-22-19(28)25-18-23-15-10-13(12-7-6-8-21-11-12)9-14(16(15)24-18)17(27)26-20(2,3)4;1-4-20-18(26)23-17-21-14-9-12(11-6-5-7-19-10-11)8-13(15(14)22-17)16(25)24(2)27-3;1-4-20-18(25)23-17-21-12-8-11(10-6-5-7-19-9-10)15(26-2)13(14(12)22-17)16(24)27-3/h6,9-14H,2-5,7-8H2,1H3,(H3,24,25,26,27,29);6-11H,5H2,1-4H3,(H,26,27)(H3,22,23,24,25,28);5-10H,4H2,1-3H3,(H3,20,21,22,23,26);5-9H,4H2,1-3H3,(H3,20,21,22,23,25). The number of ether oxygens (including phenoxy) is 2. The SMILES string of the molecule is CCNC(=O)Nc1nc2c(C(=O)C3CCCCC3)cc(-c3cccnc3)cc2[nH]1.CCNC(=O)Nc1nc2c(C(=O)N(C)OC)cc(-c3cccnc3)cc2[nH]1.CCNC(=O)Nc1nc2c(C(=O)NC(C)(C)C)cc(-c3cccnc3)cc2[nH]1.CCNC(=O)Nc1nc2c(C(=O)OC)c(OC)c(-c3cccnc3)cc2[nH]1. The van der Waals surface area contributed by atoms with E-state index in [4.69, 9.17) is 14.3 Å². The first kappa shape index (κ1) is 79.8. The molecule has 1 aliphatic rings. The first-order chi connectivity index (χ1) is 53.5. The molecule has 12 aromatic rings. The van der Waals surface area contributed by atoms with Gasteiger partial charge in [0.05, 0.1) is 54.5 Å². The summed E-state index contributed by atoms with van der Waals surface area (Å²) in [6.07, 6.45) is 18.8. The van der Waals surface area contributed by atoms with E-state index >= 15 is 0 Å². The Hall–Kier alpha value is -13.7. The number of Topliss-reactive ketones (excluding diaryl/α,β-unsaturated/α-hetero) is 1. The Balaban J connectivity index is 0.000000157. The number of ketones is 1. The number of hydrogen-bond donors (Lipinski definition) is 13. The fraction of sp³-hybridized carbons (Fsp3) is 0.282. The Morgan fingerprint density at radius 1 is 0.468 bits per heavy atom. The van der Waals surface area contributed by atoms with E-state index < -0.39 is 17.5 Å². The summed E-state index contributed by atoms with van der Waals surface area (Å²) in [7, 11) is 5.68. The normalized spacial score (nSPS) is 11.8. The van der Waals surface area contributed by atoms with Gasteiger partial charge in [-0.1, -0.05) is 43.5 Å². The van der Waals surface area contributed by atoms with Crippen LogP contribution in [-0.4, -0.2) is 173 Å². The molecule has 0 atom stereocenters. The summed E-state index contributed by atoms with van der Waals surface area (Å²) >= 11 is 0. The fourth-order valence-electron chi connectivity index (χ4n) is 12.1. The predicted molar refractivity (Wildman–Crippen MR) is 423 cm³/mol. The average Bonchev–Trinajstić information content (AvgIpc) is 1.70. The van der Waals surface area contributed by atoms with Crippen molar-refractivity contribution in [3.05, 3.63) is 163 Å². The van der Waals surface area contributed by atoms with E-state index in [1.54, 1.807) is 80.8 Å². The number of carbonyl (C=O) groups is 8. The zero-order valence-corrected chi connectivity index (χ0v) is 63.2. The molecule has 576 valence electrons. The molecule has 0 bridgehead atoms. The Morgan fingerprint density at radius 2 is 0.838 bits per heavy atom. The van der Waals surface area contributed by atoms with Crippen LogP contribution in [0.1, 0.15) is 122 Å². The number of esters is 1. The number of benzene rings is 4. The Bertz CT molecular complexity index is 5290. The Kier molecular flexibility index (Phi) is 26.8. The maximum absolute atomic E-state index is 13.4. The molecular weight excluding hydrogens is 1420 g/mol. The maximum Gasteiger partial charge on any atom is 0.343 e. The molecule has 10 amide bonds. The molecular formula is C78H88N22O11. The van der Waals surface area contributed by atoms with Gasteiger partial charge >= 0.3 is 30.1 Å². The Morgan fingerprint density at radius 3 is 1.21 bits per heavy atom. The molecule has 1 fully saturated rings. The molecule has 4 aromatic carbocycles. The van der Waals surface area contributed by atoms with Crippen molar-refractivity contribution in [2.75, 3.05) is 75.8 Å². The fourth-order valence-corrected chi connectivity index (χ4v) is 12.1. The molecule has 0 radical (unpaired) electrons. The number of nitrogens with zero attached hydrogens (tertiary/aromatic N) is 9. The zero-order valence-electron chi connectivity index (χ0n) is 63.2. The number of carbonyl (C=O) groups excluding carboxylic acids is 8. The van der Waals surface area contributed by atoms with Crippen LogP contribution in [0.15, 0.2) is 141 Å². The number of rotatable bonds is 19. The van der Waals surface area contributed by atoms with E-state index in [-0.39, 0.29) is 65.0 Å². The highest BCUT2D eigenvalue weighted by molar-refractivity contribution is 6.12. The first-order valence-corrected chi connectivity index (χ1v) is 35.8. The molecule has 0 spiro atoms. The highest BCUT2D eigenvalue weighted by atomic mass is 16.7. The van der Waals surface area contributed by atoms with E-state index in [2.05, 4.69) is 108 Å². The molecule has 1 aliphatic carbocycles. The topological polar surface area (TPSA) is 442 Å². The minimum Gasteiger partial charge on any atom is -0.495 e. The van der Waals surface area contributed by atoms with Crippen LogP contribution in [0.4, 0.5) is 43.0 Å². The second-order valence-electron chi connectivity index (χ2n) is 26.1. The maximum atomic E-state index is 13.4. The summed E-state index contributed by atoms with van der Waals surface area (Å²) in [5.41, 5.74) is 12.1. The number of aromatic amines is 4. The molecule has 0 saturated heterocycles. The molecule has 13 rings (SSSR count). The summed E-state index contributed by atoms with van der Waals surface area (Å²) in [4.78, 5) is 150. The van der Waals surface area contributed by atoms with E-state index in [0.29, 0.717) is 98.7 Å². The smallest absolute Gasteiger partial charge is 0.343 e. The monoisotopic (exact) mass is 1510 g/mol. The van der Waals surface area contributed by atoms with Crippen LogP contribution in [0.5, 0.6) is 5.75 Å². The minimum atomic E-state index is -0.598. The number of H-pyrrole nitrogens is 4. The zero-order chi connectivity index (χ0) is 79.3. The lowest BCUT2D eigenvalue weighted by molar-refractivity contribution is -0.0755. The molecule has 1 saturated carbocycles. The van der Waals surface area contributed by atoms with Gasteiger partial charge in [-0.2, -0.15) is 0 Å². The molecule has 33 heteroatoms. The molecule has 13 N–H and O–H groups in total. The van der Waals surface area contributed by atoms with Gasteiger partial charge in [0.25, 0.3) is 11.8 Å². The van der Waals surface area contributed by atoms with E-state index in [0.717, 1.165) is 75.2 Å². The summed E-state index contributed by atoms with van der Waals surface area (Å²) < 4.78 is 10.4. The molecule has 111 heavy (non-hydrogen) atoms. The number of amides is 10. The molecule has 33 nitrogen and oxygen atoms in total. The van der Waals surface area contributed by atoms with Crippen molar-refractivity contribution in [1.29, 1.82) is 0 Å². The van der Waals surface area contributed by atoms with Crippen LogP contribution in [0.25, 0.3) is 88.6 Å². The van der Waals surface area contributed by atoms with E-state index in [9.17, 15) is 38.4 Å². The summed E-state index contributed by atoms with van der Waals surface area (Å²) in [6.45, 7) is 15.0. The minimum absolute atomic E-state index is 0.0348. The van der Waals surface area contributed by atoms with Crippen LogP contribution < -0.4 is 52.6 Å². The van der Waals surface area contributed by atoms with Gasteiger partial charge in [-0.15, -0.1) is 0 Å². The van der Waals surface area contributed by atoms with Crippen molar-refractivity contribution in [1.82, 2.24) is 91.5 Å². The van der Waals surface area contributed by atoms with Crippen molar-refractivity contribution >= 4 is 116 Å². The Labute approximate surface area is 637 Å². The average molecular weight is 1510 g/mol. The van der Waals surface area contributed by atoms with Crippen LogP contribution in [0, 0.1) is 5.92 Å². The van der Waals surface area contributed by atoms with Crippen LogP contribution >= 0.6 is 0 Å². The molecule has 0 aliphatic heterocycles. The summed E-state index contributed by atoms with van der Waals surface area (Å²) in [5, 5.41) is 25.2. The third kappa shape index (κ3) is 20.3. The predicted octanol–water partition coefficient (Wildman–Crippen LogP) is 12.8. The third-order valence-electron chi connectivity index (χ3n) is 17.1. The highest BCUT2D eigenvalue weighted by Gasteiger charge is 2.29. The summed E-state index contributed by atoms with van der Waals surface area (Å²) in [6, 6.07) is 26.3. The van der Waals surface area contributed by atoms with Gasteiger partial charge in [-0.05, 0) is 145 Å². The second kappa shape index (κ2) is 37.2. The number of urea groups is 4. The third-order valence-corrected chi connectivity index (χ3v) is 17.1. The van der Waals surface area contributed by atoms with Gasteiger partial charge in [0.1, 0.15) is 33.4 Å². The highest BCUT2D eigenvalue weighted by Crippen LogP contribution is 2.40. The van der Waals surface area contributed by atoms with Gasteiger partial charge in [-0.3, -0.25) is 60.4 Å². The van der Waals surface area contributed by atoms with Crippen molar-refractivity contribution in [3.63, 3.8) is 0 Å². The molecule has 8 heterocycles. The van der Waals surface area contributed by atoms with Gasteiger partial charge < -0.3 is 56.0 Å². The molecule has 0 unspecified atom stereocenters. The van der Waals surface area contributed by atoms with E-state index in [1.165, 1.54) is 34.8 Å². The van der Waals surface area contributed by atoms with Gasteiger partial charge in [0.2, 0.25) is 23.8 Å². The number of fused-ring (bicyclic) bond motifs is 4. The van der Waals surface area contributed by atoms with Crippen molar-refractivity contribution < 1.29 is 52.7 Å². The lowest BCUT2D eigenvalue weighted by Crippen LogP contribution is -2.40. The van der Waals surface area contributed by atoms with Crippen LogP contribution in [0.3, 0.4) is 0 Å². The number of hydroxylamine groups is 2. The number of aromatic nitrogens is 12. The number of hydrogen-bond acceptors (Lipinski definition) is 19. The second-order valence-corrected chi connectivity index (χ2v) is 26.1. The van der Waals surface area contributed by atoms with Crippen molar-refractivity contribution in [3.8, 4) is 50.3 Å². The van der Waals surface area contributed by atoms with Crippen molar-refractivity contribution in [2.24, 2.45) is 5.92 Å². The quantitative estimate of drug-likeness (QED) is 0.0203. The van der Waals surface area contributed by atoms with Crippen LogP contribution in [0.2, 0.25) is 0 Å². The van der Waals surface area contributed by atoms with Gasteiger partial charge in [-0.25, -0.2) is 49.0 Å². The van der Waals surface area contributed by atoms with Gasteiger partial charge in [0, 0.05) is 128 Å². The number of nitrogens with one attached hydrogen (secondary N) is 13. The largest absolute Gasteiger partial charge is 0.495 e. The number of methoxy groups -OCH3 is 2. The lowest BCUT2D eigenvalue weighted by atomic mass is 9.83. The van der Waals surface area contributed by atoms with E-state index in [1.807, 2.05) is 108 Å². The van der Waals surface area contributed by atoms with Crippen LogP contribution in [-0.2, 0) is 9.57 Å². The van der Waals surface area contributed by atoms with Gasteiger partial charge in [0.15, 0.2) is 5.78 Å². The first-order valence-electron chi connectivity index (χ1n) is 35.8. The number of pyridine rings is 4. The summed E-state index contributed by atoms with van der Waals surface area (Å²) in [5.74, 6) is 0.339. The number of imidazole rings is 4.